The molecule has 2 aromatic rings. The van der Waals surface area contributed by atoms with Gasteiger partial charge in [-0.2, -0.15) is 5.10 Å². The first-order chi connectivity index (χ1) is 12.6. The smallest absolute Gasteiger partial charge is 0.147 e. The Morgan fingerprint density at radius 3 is 2.58 bits per heavy atom. The van der Waals surface area contributed by atoms with Crippen LogP contribution in [0.15, 0.2) is 47.6 Å². The molecule has 0 bridgehead atoms. The molecule has 2 aromatic carbocycles. The number of hydrazone groups is 1. The molecular weight excluding hydrogens is 351 g/mol. The van der Waals surface area contributed by atoms with Gasteiger partial charge in [-0.25, -0.2) is 4.39 Å². The first kappa shape index (κ1) is 18.7. The average Bonchev–Trinajstić information content (AvgIpc) is 2.66. The molecule has 6 heteroatoms. The molecule has 0 atom stereocenters. The lowest BCUT2D eigenvalue weighted by atomic mass is 10.1. The number of nitrogens with one attached hydrogen (secondary N) is 1. The highest BCUT2D eigenvalue weighted by Gasteiger charge is 2.18. The Morgan fingerprint density at radius 2 is 1.92 bits per heavy atom. The predicted octanol–water partition coefficient (Wildman–Crippen LogP) is 4.46. The number of hydrogen-bond acceptors (Lipinski definition) is 4. The lowest BCUT2D eigenvalue weighted by molar-refractivity contribution is 0.270. The van der Waals surface area contributed by atoms with Gasteiger partial charge in [-0.05, 0) is 43.8 Å². The van der Waals surface area contributed by atoms with Gasteiger partial charge >= 0.3 is 0 Å². The molecule has 1 N–H and O–H groups in total. The van der Waals surface area contributed by atoms with Crippen LogP contribution in [0.1, 0.15) is 19.4 Å². The first-order valence-electron chi connectivity index (χ1n) is 8.90. The fourth-order valence-electron chi connectivity index (χ4n) is 3.06. The van der Waals surface area contributed by atoms with Crippen molar-refractivity contribution in [2.45, 2.75) is 13.8 Å². The van der Waals surface area contributed by atoms with Gasteiger partial charge in [0.05, 0.1) is 17.1 Å². The Balaban J connectivity index is 1.69. The van der Waals surface area contributed by atoms with E-state index in [2.05, 4.69) is 27.3 Å². The van der Waals surface area contributed by atoms with E-state index in [9.17, 15) is 4.39 Å². The van der Waals surface area contributed by atoms with Gasteiger partial charge in [0.25, 0.3) is 0 Å². The second-order valence-corrected chi connectivity index (χ2v) is 6.84. The van der Waals surface area contributed by atoms with Crippen LogP contribution in [0.2, 0.25) is 5.02 Å². The second-order valence-electron chi connectivity index (χ2n) is 6.41. The molecule has 1 heterocycles. The van der Waals surface area contributed by atoms with E-state index in [1.807, 2.05) is 31.2 Å². The number of piperazine rings is 1. The molecule has 26 heavy (non-hydrogen) atoms. The normalized spacial score (nSPS) is 16.0. The maximum absolute atomic E-state index is 14.6. The van der Waals surface area contributed by atoms with Crippen molar-refractivity contribution in [3.8, 4) is 0 Å². The Bertz CT molecular complexity index is 785. The summed E-state index contributed by atoms with van der Waals surface area (Å²) >= 11 is 5.96. The number of anilines is 2. The van der Waals surface area contributed by atoms with Gasteiger partial charge < -0.3 is 9.80 Å². The zero-order valence-electron chi connectivity index (χ0n) is 15.2. The zero-order chi connectivity index (χ0) is 18.5. The third kappa shape index (κ3) is 4.54. The van der Waals surface area contributed by atoms with Gasteiger partial charge in [0.2, 0.25) is 0 Å². The van der Waals surface area contributed by atoms with E-state index >= 15 is 0 Å². The number of halogens is 2. The molecule has 1 fully saturated rings. The number of likely N-dealkylation sites (N-methyl/N-ethyl adjacent to an activating group) is 1. The standard InChI is InChI=1S/C20H24ClFN4/c1-3-25-9-11-26(12-10-25)20-8-7-16(13-19(20)22)15(2)23-24-18-6-4-5-17(21)14-18/h4-8,13-14,24H,3,9-12H2,1-2H3/b23-15-. The lowest BCUT2D eigenvalue weighted by Crippen LogP contribution is -2.46. The summed E-state index contributed by atoms with van der Waals surface area (Å²) in [5, 5.41) is 4.97. The van der Waals surface area contributed by atoms with Crippen LogP contribution in [-0.4, -0.2) is 43.3 Å². The van der Waals surface area contributed by atoms with E-state index in [0.29, 0.717) is 16.4 Å². The van der Waals surface area contributed by atoms with Crippen molar-refractivity contribution in [3.05, 3.63) is 58.9 Å². The van der Waals surface area contributed by atoms with Crippen LogP contribution in [0.3, 0.4) is 0 Å². The van der Waals surface area contributed by atoms with Crippen molar-refractivity contribution in [1.29, 1.82) is 0 Å². The third-order valence-electron chi connectivity index (χ3n) is 4.70. The molecular formula is C20H24ClFN4. The van der Waals surface area contributed by atoms with Crippen LogP contribution >= 0.6 is 11.6 Å². The summed E-state index contributed by atoms with van der Waals surface area (Å²) in [6.45, 7) is 8.71. The van der Waals surface area contributed by atoms with Crippen LogP contribution in [-0.2, 0) is 0 Å². The summed E-state index contributed by atoms with van der Waals surface area (Å²) in [6, 6.07) is 12.6. The minimum atomic E-state index is -0.204. The summed E-state index contributed by atoms with van der Waals surface area (Å²) in [7, 11) is 0. The SMILES string of the molecule is CCN1CCN(c2ccc(/C(C)=N\Nc3cccc(Cl)c3)cc2F)CC1. The molecule has 138 valence electrons. The Hall–Kier alpha value is -2.11. The molecule has 0 radical (unpaired) electrons. The number of rotatable bonds is 5. The Morgan fingerprint density at radius 1 is 1.15 bits per heavy atom. The van der Waals surface area contributed by atoms with E-state index in [1.165, 1.54) is 0 Å². The molecule has 1 saturated heterocycles. The van der Waals surface area contributed by atoms with Crippen molar-refractivity contribution in [1.82, 2.24) is 4.90 Å². The fourth-order valence-corrected chi connectivity index (χ4v) is 3.25. The number of hydrogen-bond donors (Lipinski definition) is 1. The maximum Gasteiger partial charge on any atom is 0.147 e. The Labute approximate surface area is 159 Å². The molecule has 1 aliphatic rings. The monoisotopic (exact) mass is 374 g/mol. The van der Waals surface area contributed by atoms with Crippen molar-refractivity contribution in [2.24, 2.45) is 5.10 Å². The van der Waals surface area contributed by atoms with E-state index in [4.69, 9.17) is 11.6 Å². The molecule has 0 saturated carbocycles. The molecule has 0 unspecified atom stereocenters. The molecule has 0 amide bonds. The summed E-state index contributed by atoms with van der Waals surface area (Å²) in [5.74, 6) is -0.204. The molecule has 1 aliphatic heterocycles. The molecule has 0 spiro atoms. The van der Waals surface area contributed by atoms with E-state index < -0.39 is 0 Å². The van der Waals surface area contributed by atoms with Crippen LogP contribution < -0.4 is 10.3 Å². The van der Waals surface area contributed by atoms with Crippen LogP contribution in [0, 0.1) is 5.82 Å². The number of benzene rings is 2. The van der Waals surface area contributed by atoms with Gasteiger partial charge in [-0.1, -0.05) is 30.7 Å². The van der Waals surface area contributed by atoms with Crippen molar-refractivity contribution in [2.75, 3.05) is 43.0 Å². The third-order valence-corrected chi connectivity index (χ3v) is 4.94. The van der Waals surface area contributed by atoms with Gasteiger partial charge in [-0.3, -0.25) is 5.43 Å². The fraction of sp³-hybridized carbons (Fsp3) is 0.350. The largest absolute Gasteiger partial charge is 0.367 e. The minimum absolute atomic E-state index is 0.204. The maximum atomic E-state index is 14.6. The quantitative estimate of drug-likeness (QED) is 0.619. The second kappa shape index (κ2) is 8.52. The van der Waals surface area contributed by atoms with E-state index in [0.717, 1.165) is 44.0 Å². The van der Waals surface area contributed by atoms with Crippen molar-refractivity contribution in [3.63, 3.8) is 0 Å². The topological polar surface area (TPSA) is 30.9 Å². The van der Waals surface area contributed by atoms with Gasteiger partial charge in [0.1, 0.15) is 5.82 Å². The summed E-state index contributed by atoms with van der Waals surface area (Å²) in [6.07, 6.45) is 0. The van der Waals surface area contributed by atoms with Crippen molar-refractivity contribution < 1.29 is 4.39 Å². The predicted molar refractivity (Wildman–Crippen MR) is 108 cm³/mol. The highest BCUT2D eigenvalue weighted by molar-refractivity contribution is 6.30. The molecule has 0 aliphatic carbocycles. The summed E-state index contributed by atoms with van der Waals surface area (Å²) in [5.41, 5.74) is 5.89. The van der Waals surface area contributed by atoms with Gasteiger partial charge in [0, 0.05) is 36.8 Å². The van der Waals surface area contributed by atoms with Gasteiger partial charge in [-0.15, -0.1) is 0 Å². The van der Waals surface area contributed by atoms with Crippen LogP contribution in [0.25, 0.3) is 0 Å². The highest BCUT2D eigenvalue weighted by Crippen LogP contribution is 2.22. The zero-order valence-corrected chi connectivity index (χ0v) is 15.9. The lowest BCUT2D eigenvalue weighted by Gasteiger charge is -2.35. The minimum Gasteiger partial charge on any atom is -0.367 e. The molecule has 0 aromatic heterocycles. The molecule has 3 rings (SSSR count). The number of nitrogens with zero attached hydrogens (tertiary/aromatic N) is 3. The summed E-state index contributed by atoms with van der Waals surface area (Å²) < 4.78 is 14.6. The molecule has 4 nitrogen and oxygen atoms in total. The van der Waals surface area contributed by atoms with E-state index in [-0.39, 0.29) is 5.82 Å². The summed E-state index contributed by atoms with van der Waals surface area (Å²) in [4.78, 5) is 4.49. The van der Waals surface area contributed by atoms with Gasteiger partial charge in [0.15, 0.2) is 0 Å². The highest BCUT2D eigenvalue weighted by atomic mass is 35.5. The van der Waals surface area contributed by atoms with Crippen molar-refractivity contribution >= 4 is 28.7 Å². The Kier molecular flexibility index (Phi) is 6.12. The average molecular weight is 375 g/mol. The van der Waals surface area contributed by atoms with E-state index in [1.54, 1.807) is 18.2 Å². The first-order valence-corrected chi connectivity index (χ1v) is 9.27. The van der Waals surface area contributed by atoms with Crippen LogP contribution in [0.4, 0.5) is 15.8 Å². The van der Waals surface area contributed by atoms with Crippen LogP contribution in [0.5, 0.6) is 0 Å².